The van der Waals surface area contributed by atoms with Gasteiger partial charge in [0.05, 0.1) is 11.1 Å². The quantitative estimate of drug-likeness (QED) is 0.379. The highest BCUT2D eigenvalue weighted by Crippen LogP contribution is 2.36. The molecule has 0 aliphatic carbocycles. The topological polar surface area (TPSA) is 128 Å². The van der Waals surface area contributed by atoms with Crippen LogP contribution < -0.4 is 5.73 Å². The second kappa shape index (κ2) is 9.56. The van der Waals surface area contributed by atoms with Gasteiger partial charge >= 0.3 is 20.7 Å². The molecule has 0 fully saturated rings. The summed E-state index contributed by atoms with van der Waals surface area (Å²) in [7, 11) is -3.44. The molecular weight excluding hydrogens is 310 g/mol. The lowest BCUT2D eigenvalue weighted by Crippen LogP contribution is -2.52. The molecule has 0 aromatic rings. The number of nitrogens with two attached hydrogens (primary N) is 1. The van der Waals surface area contributed by atoms with Gasteiger partial charge in [-0.05, 0) is 27.2 Å². The summed E-state index contributed by atoms with van der Waals surface area (Å²) in [6.07, 6.45) is 0.266. The van der Waals surface area contributed by atoms with Crippen molar-refractivity contribution in [2.45, 2.75) is 39.7 Å². The molecule has 8 nitrogen and oxygen atoms in total. The van der Waals surface area contributed by atoms with Crippen molar-refractivity contribution in [2.24, 2.45) is 5.73 Å². The number of carbonyl (C=O) groups is 2. The first-order chi connectivity index (χ1) is 10.3. The lowest BCUT2D eigenvalue weighted by Gasteiger charge is -2.35. The Bertz CT molecular complexity index is 408. The Balaban J connectivity index is 6.14. The second-order valence-corrected chi connectivity index (χ2v) is 7.07. The van der Waals surface area contributed by atoms with Gasteiger partial charge in [-0.1, -0.05) is 6.92 Å². The fourth-order valence-corrected chi connectivity index (χ4v) is 5.42. The molecule has 1 atom stereocenters. The molecule has 9 heteroatoms. The van der Waals surface area contributed by atoms with Crippen molar-refractivity contribution in [3.63, 3.8) is 0 Å². The molecule has 128 valence electrons. The van der Waals surface area contributed by atoms with E-state index in [0.717, 1.165) is 0 Å². The summed E-state index contributed by atoms with van der Waals surface area (Å²) in [5.41, 5.74) is 3.46. The maximum absolute atomic E-state index is 11.6. The number of aliphatic carboxylic acids is 2. The van der Waals surface area contributed by atoms with E-state index >= 15 is 0 Å². The van der Waals surface area contributed by atoms with Crippen LogP contribution in [0.3, 0.4) is 0 Å². The molecule has 0 aromatic heterocycles. The molecule has 0 aliphatic rings. The van der Waals surface area contributed by atoms with E-state index in [1.165, 1.54) is 0 Å². The van der Waals surface area contributed by atoms with Crippen LogP contribution in [-0.2, 0) is 22.9 Å². The SMILES string of the molecule is CCO[Si](OCC)(OCC)C(CC)C(C(=O)O)=C(N)C(=O)O. The van der Waals surface area contributed by atoms with Gasteiger partial charge < -0.3 is 29.2 Å². The standard InChI is InChI=1S/C13H25NO7Si/c1-5-9(10(12(15)16)11(14)13(17)18)22(19-6-2,20-7-3)21-8-4/h9H,5-8,14H2,1-4H3,(H,15,16)(H,17,18). The van der Waals surface area contributed by atoms with Crippen LogP contribution in [0, 0.1) is 0 Å². The van der Waals surface area contributed by atoms with Crippen LogP contribution >= 0.6 is 0 Å². The van der Waals surface area contributed by atoms with Gasteiger partial charge in [-0.2, -0.15) is 0 Å². The second-order valence-electron chi connectivity index (χ2n) is 4.30. The smallest absolute Gasteiger partial charge is 0.478 e. The number of rotatable bonds is 11. The van der Waals surface area contributed by atoms with Crippen LogP contribution in [-0.4, -0.2) is 50.8 Å². The van der Waals surface area contributed by atoms with Crippen molar-refractivity contribution in [1.82, 2.24) is 0 Å². The van der Waals surface area contributed by atoms with E-state index in [0.29, 0.717) is 0 Å². The van der Waals surface area contributed by atoms with Gasteiger partial charge in [0, 0.05) is 19.8 Å². The molecule has 0 saturated heterocycles. The fraction of sp³-hybridized carbons (Fsp3) is 0.692. The van der Waals surface area contributed by atoms with Crippen molar-refractivity contribution in [3.05, 3.63) is 11.3 Å². The number of hydrogen-bond donors (Lipinski definition) is 3. The van der Waals surface area contributed by atoms with Gasteiger partial charge in [0.1, 0.15) is 5.70 Å². The molecule has 0 radical (unpaired) electrons. The van der Waals surface area contributed by atoms with Gasteiger partial charge in [-0.15, -0.1) is 0 Å². The number of carboxylic acid groups (broad SMARTS) is 2. The van der Waals surface area contributed by atoms with Crippen LogP contribution in [0.25, 0.3) is 0 Å². The third-order valence-corrected chi connectivity index (χ3v) is 6.59. The summed E-state index contributed by atoms with van der Waals surface area (Å²) in [6.45, 7) is 7.67. The van der Waals surface area contributed by atoms with E-state index in [-0.39, 0.29) is 26.2 Å². The lowest BCUT2D eigenvalue weighted by atomic mass is 10.1. The first-order valence-corrected chi connectivity index (χ1v) is 8.99. The molecule has 0 aromatic carbocycles. The first kappa shape index (κ1) is 20.6. The Kier molecular flexibility index (Phi) is 8.95. The zero-order valence-corrected chi connectivity index (χ0v) is 14.4. The molecule has 0 rings (SSSR count). The van der Waals surface area contributed by atoms with Gasteiger partial charge in [-0.25, -0.2) is 9.59 Å². The third-order valence-electron chi connectivity index (χ3n) is 2.97. The fourth-order valence-electron chi connectivity index (χ4n) is 2.23. The summed E-state index contributed by atoms with van der Waals surface area (Å²) >= 11 is 0. The van der Waals surface area contributed by atoms with Crippen molar-refractivity contribution in [2.75, 3.05) is 19.8 Å². The molecule has 0 saturated carbocycles. The Morgan fingerprint density at radius 1 is 0.955 bits per heavy atom. The van der Waals surface area contributed by atoms with Crippen molar-refractivity contribution in [3.8, 4) is 0 Å². The Morgan fingerprint density at radius 2 is 1.36 bits per heavy atom. The average molecular weight is 335 g/mol. The maximum Gasteiger partial charge on any atom is 0.509 e. The lowest BCUT2D eigenvalue weighted by molar-refractivity contribution is -0.136. The van der Waals surface area contributed by atoms with Crippen LogP contribution in [0.15, 0.2) is 11.3 Å². The Morgan fingerprint density at radius 3 is 1.59 bits per heavy atom. The highest BCUT2D eigenvalue weighted by molar-refractivity contribution is 6.64. The van der Waals surface area contributed by atoms with E-state index in [2.05, 4.69) is 0 Å². The zero-order valence-electron chi connectivity index (χ0n) is 13.4. The van der Waals surface area contributed by atoms with Gasteiger partial charge in [0.25, 0.3) is 0 Å². The highest BCUT2D eigenvalue weighted by atomic mass is 28.4. The summed E-state index contributed by atoms with van der Waals surface area (Å²) in [5, 5.41) is 18.5. The molecule has 22 heavy (non-hydrogen) atoms. The minimum Gasteiger partial charge on any atom is -0.478 e. The van der Waals surface area contributed by atoms with E-state index in [4.69, 9.17) is 24.1 Å². The Hall–Kier alpha value is -1.42. The molecule has 0 bridgehead atoms. The summed E-state index contributed by atoms with van der Waals surface area (Å²) in [5.74, 6) is -2.91. The summed E-state index contributed by atoms with van der Waals surface area (Å²) in [4.78, 5) is 22.7. The number of carboxylic acids is 2. The predicted octanol–water partition coefficient (Wildman–Crippen LogP) is 1.20. The van der Waals surface area contributed by atoms with Gasteiger partial charge in [0.15, 0.2) is 0 Å². The molecule has 0 heterocycles. The zero-order chi connectivity index (χ0) is 17.3. The van der Waals surface area contributed by atoms with Crippen molar-refractivity contribution < 1.29 is 33.1 Å². The maximum atomic E-state index is 11.6. The number of hydrogen-bond acceptors (Lipinski definition) is 6. The largest absolute Gasteiger partial charge is 0.509 e. The molecule has 1 unspecified atom stereocenters. The minimum absolute atomic E-state index is 0.253. The molecule has 0 amide bonds. The normalized spacial score (nSPS) is 14.4. The van der Waals surface area contributed by atoms with Crippen LogP contribution in [0.1, 0.15) is 34.1 Å². The van der Waals surface area contributed by atoms with Crippen LogP contribution in [0.4, 0.5) is 0 Å². The Labute approximate surface area is 131 Å². The monoisotopic (exact) mass is 335 g/mol. The van der Waals surface area contributed by atoms with Gasteiger partial charge in [-0.3, -0.25) is 0 Å². The third kappa shape index (κ3) is 4.80. The van der Waals surface area contributed by atoms with Crippen molar-refractivity contribution in [1.29, 1.82) is 0 Å². The van der Waals surface area contributed by atoms with Crippen molar-refractivity contribution >= 4 is 20.7 Å². The van der Waals surface area contributed by atoms with E-state index in [1.54, 1.807) is 27.7 Å². The molecule has 4 N–H and O–H groups in total. The van der Waals surface area contributed by atoms with E-state index in [9.17, 15) is 14.7 Å². The predicted molar refractivity (Wildman–Crippen MR) is 81.2 cm³/mol. The minimum atomic E-state index is -3.44. The van der Waals surface area contributed by atoms with E-state index < -0.39 is 37.6 Å². The summed E-state index contributed by atoms with van der Waals surface area (Å²) in [6, 6.07) is 0. The van der Waals surface area contributed by atoms with Crippen LogP contribution in [0.5, 0.6) is 0 Å². The van der Waals surface area contributed by atoms with Gasteiger partial charge in [0.2, 0.25) is 0 Å². The van der Waals surface area contributed by atoms with E-state index in [1.807, 2.05) is 0 Å². The first-order valence-electron chi connectivity index (χ1n) is 7.19. The molecule has 0 aliphatic heterocycles. The summed E-state index contributed by atoms with van der Waals surface area (Å²) < 4.78 is 17.0. The van der Waals surface area contributed by atoms with Crippen LogP contribution in [0.2, 0.25) is 5.54 Å². The molecular formula is C13H25NO7Si. The average Bonchev–Trinajstić information content (AvgIpc) is 2.43. The molecule has 0 spiro atoms. The highest BCUT2D eigenvalue weighted by Gasteiger charge is 2.52.